The number of hydrogen-bond donors (Lipinski definition) is 1. The maximum Gasteiger partial charge on any atom is 0.250 e. The number of methoxy groups -OCH3 is 1. The number of likely N-dealkylation sites (N-methyl/N-ethyl adjacent to an activating group) is 1. The Morgan fingerprint density at radius 1 is 1.32 bits per heavy atom. The zero-order valence-corrected chi connectivity index (χ0v) is 15.5. The van der Waals surface area contributed by atoms with E-state index in [2.05, 4.69) is 29.0 Å². The Balaban J connectivity index is 0.00000312. The lowest BCUT2D eigenvalue weighted by molar-refractivity contribution is 0.326. The Kier molecular flexibility index (Phi) is 8.74. The van der Waals surface area contributed by atoms with Crippen molar-refractivity contribution in [2.75, 3.05) is 20.8 Å². The molecule has 0 aliphatic rings. The van der Waals surface area contributed by atoms with Gasteiger partial charge in [0.1, 0.15) is 6.61 Å². The van der Waals surface area contributed by atoms with Gasteiger partial charge < -0.3 is 19.3 Å². The van der Waals surface area contributed by atoms with Gasteiger partial charge >= 0.3 is 0 Å². The number of ether oxygens (including phenoxy) is 2. The second kappa shape index (κ2) is 10.5. The summed E-state index contributed by atoms with van der Waals surface area (Å²) in [5.41, 5.74) is 0.946. The minimum Gasteiger partial charge on any atom is -0.493 e. The second-order valence-corrected chi connectivity index (χ2v) is 5.29. The quantitative estimate of drug-likeness (QED) is 0.687. The molecule has 0 saturated carbocycles. The molecule has 1 aromatic carbocycles. The van der Waals surface area contributed by atoms with Gasteiger partial charge in [-0.25, -0.2) is 0 Å². The molecule has 1 aromatic heterocycles. The van der Waals surface area contributed by atoms with Crippen LogP contribution in [0.15, 0.2) is 35.4 Å². The molecule has 0 aliphatic heterocycles. The Hall–Kier alpha value is -2.31. The molecule has 0 radical (unpaired) electrons. The van der Waals surface area contributed by atoms with Gasteiger partial charge in [0.15, 0.2) is 17.3 Å². The van der Waals surface area contributed by atoms with E-state index in [4.69, 9.17) is 14.0 Å². The average molecular weight is 366 g/mol. The first-order valence-electron chi connectivity index (χ1n) is 7.76. The lowest BCUT2D eigenvalue weighted by atomic mass is 10.2. The van der Waals surface area contributed by atoms with Crippen molar-refractivity contribution in [3.63, 3.8) is 0 Å². The summed E-state index contributed by atoms with van der Waals surface area (Å²) in [5.74, 6) is 2.49. The summed E-state index contributed by atoms with van der Waals surface area (Å²) in [6, 6.07) is 5.97. The van der Waals surface area contributed by atoms with Crippen molar-refractivity contribution < 1.29 is 14.0 Å². The molecule has 136 valence electrons. The van der Waals surface area contributed by atoms with E-state index in [9.17, 15) is 0 Å². The van der Waals surface area contributed by atoms with Crippen LogP contribution in [0.2, 0.25) is 0 Å². The van der Waals surface area contributed by atoms with Crippen molar-refractivity contribution in [1.82, 2.24) is 15.5 Å². The Bertz CT molecular complexity index is 701. The molecule has 0 saturated heterocycles. The molecule has 1 heterocycles. The van der Waals surface area contributed by atoms with Gasteiger partial charge in [-0.15, -0.1) is 12.4 Å². The maximum atomic E-state index is 5.53. The molecular weight excluding hydrogens is 342 g/mol. The van der Waals surface area contributed by atoms with Crippen molar-refractivity contribution in [1.29, 1.82) is 0 Å². The van der Waals surface area contributed by atoms with Crippen LogP contribution in [0.1, 0.15) is 24.2 Å². The Morgan fingerprint density at radius 2 is 2.12 bits per heavy atom. The van der Waals surface area contributed by atoms with Crippen LogP contribution < -0.4 is 14.8 Å². The van der Waals surface area contributed by atoms with Gasteiger partial charge in [-0.2, -0.15) is 4.98 Å². The minimum absolute atomic E-state index is 0. The Morgan fingerprint density at radius 3 is 2.80 bits per heavy atom. The van der Waals surface area contributed by atoms with E-state index < -0.39 is 0 Å². The summed E-state index contributed by atoms with van der Waals surface area (Å²) in [6.45, 7) is 6.13. The van der Waals surface area contributed by atoms with E-state index in [1.807, 2.05) is 31.3 Å². The van der Waals surface area contributed by atoms with Gasteiger partial charge in [-0.3, -0.25) is 0 Å². The number of hydrogen-bond acceptors (Lipinski definition) is 6. The van der Waals surface area contributed by atoms with Crippen molar-refractivity contribution in [3.8, 4) is 11.5 Å². The standard InChI is InChI=1S/C18H23N3O3.ClH/c1-5-10-23-15-8-6-14(12-16(15)22-4)7-9-18-20-17(21-24-18)11-13(2)19-3;/h5-9,12-13,19H,1,10-11H2,2-4H3;1H/b9-7+;. The van der Waals surface area contributed by atoms with E-state index in [1.165, 1.54) is 0 Å². The molecule has 0 spiro atoms. The summed E-state index contributed by atoms with van der Waals surface area (Å²) < 4.78 is 16.1. The topological polar surface area (TPSA) is 69.4 Å². The number of rotatable bonds is 9. The van der Waals surface area contributed by atoms with Crippen LogP contribution in [0, 0.1) is 0 Å². The monoisotopic (exact) mass is 365 g/mol. The molecule has 25 heavy (non-hydrogen) atoms. The third-order valence-electron chi connectivity index (χ3n) is 3.43. The van der Waals surface area contributed by atoms with E-state index >= 15 is 0 Å². The first-order valence-corrected chi connectivity index (χ1v) is 7.76. The third-order valence-corrected chi connectivity index (χ3v) is 3.43. The van der Waals surface area contributed by atoms with E-state index in [1.54, 1.807) is 19.3 Å². The highest BCUT2D eigenvalue weighted by Gasteiger charge is 2.08. The van der Waals surface area contributed by atoms with Crippen molar-refractivity contribution >= 4 is 24.6 Å². The predicted molar refractivity (Wildman–Crippen MR) is 101 cm³/mol. The summed E-state index contributed by atoms with van der Waals surface area (Å²) in [7, 11) is 3.51. The molecule has 1 unspecified atom stereocenters. The van der Waals surface area contributed by atoms with E-state index in [0.717, 1.165) is 12.0 Å². The van der Waals surface area contributed by atoms with Crippen LogP contribution in [0.3, 0.4) is 0 Å². The van der Waals surface area contributed by atoms with Gasteiger partial charge in [-0.05, 0) is 37.7 Å². The summed E-state index contributed by atoms with van der Waals surface area (Å²) in [5, 5.41) is 7.11. The molecule has 6 nitrogen and oxygen atoms in total. The molecule has 2 rings (SSSR count). The van der Waals surface area contributed by atoms with Crippen LogP contribution in [0.4, 0.5) is 0 Å². The zero-order chi connectivity index (χ0) is 17.4. The summed E-state index contributed by atoms with van der Waals surface area (Å²) >= 11 is 0. The van der Waals surface area contributed by atoms with Gasteiger partial charge in [0.25, 0.3) is 5.89 Å². The van der Waals surface area contributed by atoms with Crippen molar-refractivity contribution in [3.05, 3.63) is 48.1 Å². The first kappa shape index (κ1) is 20.7. The molecule has 0 fully saturated rings. The number of aromatic nitrogens is 2. The van der Waals surface area contributed by atoms with Gasteiger partial charge in [-0.1, -0.05) is 23.9 Å². The first-order chi connectivity index (χ1) is 11.7. The summed E-state index contributed by atoms with van der Waals surface area (Å²) in [4.78, 5) is 4.34. The zero-order valence-electron chi connectivity index (χ0n) is 14.7. The smallest absolute Gasteiger partial charge is 0.250 e. The van der Waals surface area contributed by atoms with Crippen molar-refractivity contribution in [2.45, 2.75) is 19.4 Å². The van der Waals surface area contributed by atoms with Crippen LogP contribution in [-0.2, 0) is 6.42 Å². The highest BCUT2D eigenvalue weighted by atomic mass is 35.5. The van der Waals surface area contributed by atoms with Gasteiger partial charge in [0.05, 0.1) is 7.11 Å². The minimum atomic E-state index is 0. The lowest BCUT2D eigenvalue weighted by Crippen LogP contribution is -2.24. The fourth-order valence-electron chi connectivity index (χ4n) is 2.02. The molecule has 0 amide bonds. The number of benzene rings is 1. The van der Waals surface area contributed by atoms with Crippen LogP contribution in [-0.4, -0.2) is 36.9 Å². The molecule has 0 bridgehead atoms. The molecule has 1 atom stereocenters. The highest BCUT2D eigenvalue weighted by molar-refractivity contribution is 5.85. The van der Waals surface area contributed by atoms with Crippen LogP contribution >= 0.6 is 12.4 Å². The fraction of sp³-hybridized carbons (Fsp3) is 0.333. The normalized spacial score (nSPS) is 11.8. The highest BCUT2D eigenvalue weighted by Crippen LogP contribution is 2.28. The number of nitrogens with one attached hydrogen (secondary N) is 1. The Labute approximate surface area is 154 Å². The third kappa shape index (κ3) is 6.25. The van der Waals surface area contributed by atoms with Crippen LogP contribution in [0.5, 0.6) is 11.5 Å². The number of nitrogens with zero attached hydrogens (tertiary/aromatic N) is 2. The predicted octanol–water partition coefficient (Wildman–Crippen LogP) is 3.39. The average Bonchev–Trinajstić information content (AvgIpc) is 3.05. The lowest BCUT2D eigenvalue weighted by Gasteiger charge is -2.09. The van der Waals surface area contributed by atoms with E-state index in [-0.39, 0.29) is 12.4 Å². The van der Waals surface area contributed by atoms with Gasteiger partial charge in [0, 0.05) is 18.5 Å². The molecular formula is C18H24ClN3O3. The molecule has 7 heteroatoms. The molecule has 2 aromatic rings. The van der Waals surface area contributed by atoms with E-state index in [0.29, 0.717) is 35.9 Å². The van der Waals surface area contributed by atoms with Crippen molar-refractivity contribution in [2.24, 2.45) is 0 Å². The SMILES string of the molecule is C=CCOc1ccc(/C=C/c2nc(CC(C)NC)no2)cc1OC.Cl. The second-order valence-electron chi connectivity index (χ2n) is 5.29. The summed E-state index contributed by atoms with van der Waals surface area (Å²) in [6.07, 6.45) is 6.07. The molecule has 1 N–H and O–H groups in total. The largest absolute Gasteiger partial charge is 0.493 e. The van der Waals surface area contributed by atoms with Gasteiger partial charge in [0.2, 0.25) is 0 Å². The van der Waals surface area contributed by atoms with Crippen LogP contribution in [0.25, 0.3) is 12.2 Å². The fourth-order valence-corrected chi connectivity index (χ4v) is 2.02. The molecule has 0 aliphatic carbocycles. The number of halogens is 1. The maximum absolute atomic E-state index is 5.53.